The Bertz CT molecular complexity index is 594. The second kappa shape index (κ2) is 5.42. The van der Waals surface area contributed by atoms with Crippen molar-refractivity contribution in [1.82, 2.24) is 10.1 Å². The molecule has 0 bridgehead atoms. The van der Waals surface area contributed by atoms with Crippen LogP contribution in [0.25, 0.3) is 0 Å². The zero-order valence-corrected chi connectivity index (χ0v) is 11.8. The van der Waals surface area contributed by atoms with Crippen molar-refractivity contribution in [2.75, 3.05) is 0 Å². The Kier molecular flexibility index (Phi) is 3.63. The number of ether oxygens (including phenoxy) is 1. The lowest BCUT2D eigenvalue weighted by atomic mass is 9.99. The van der Waals surface area contributed by atoms with Gasteiger partial charge >= 0.3 is 0 Å². The molecule has 0 aliphatic heterocycles. The SMILES string of the molecule is NC1(c2noc(COc3ccccc3Cl)n2)CCCC1. The van der Waals surface area contributed by atoms with Crippen LogP contribution < -0.4 is 10.5 Å². The van der Waals surface area contributed by atoms with Crippen LogP contribution >= 0.6 is 11.6 Å². The molecule has 3 rings (SSSR count). The van der Waals surface area contributed by atoms with Gasteiger partial charge in [0, 0.05) is 0 Å². The van der Waals surface area contributed by atoms with Crippen LogP contribution in [0, 0.1) is 0 Å². The molecule has 20 heavy (non-hydrogen) atoms. The maximum absolute atomic E-state index is 6.28. The Morgan fingerprint density at radius 3 is 2.80 bits per heavy atom. The Labute approximate surface area is 122 Å². The van der Waals surface area contributed by atoms with E-state index in [2.05, 4.69) is 10.1 Å². The van der Waals surface area contributed by atoms with E-state index < -0.39 is 5.54 Å². The maximum Gasteiger partial charge on any atom is 0.264 e. The molecular weight excluding hydrogens is 278 g/mol. The highest BCUT2D eigenvalue weighted by Gasteiger charge is 2.35. The predicted octanol–water partition coefficient (Wildman–Crippen LogP) is 3.03. The second-order valence-electron chi connectivity index (χ2n) is 5.09. The van der Waals surface area contributed by atoms with Gasteiger partial charge in [-0.25, -0.2) is 0 Å². The number of nitrogens with zero attached hydrogens (tertiary/aromatic N) is 2. The lowest BCUT2D eigenvalue weighted by Crippen LogP contribution is -2.34. The smallest absolute Gasteiger partial charge is 0.264 e. The number of benzene rings is 1. The van der Waals surface area contributed by atoms with Crippen LogP contribution in [-0.4, -0.2) is 10.1 Å². The number of hydrogen-bond donors (Lipinski definition) is 1. The molecule has 0 unspecified atom stereocenters. The highest BCUT2D eigenvalue weighted by Crippen LogP contribution is 2.34. The van der Waals surface area contributed by atoms with Crippen LogP contribution in [-0.2, 0) is 12.1 Å². The fourth-order valence-corrected chi connectivity index (χ4v) is 2.64. The summed E-state index contributed by atoms with van der Waals surface area (Å²) in [6.07, 6.45) is 4.02. The molecule has 1 aromatic heterocycles. The van der Waals surface area contributed by atoms with Gasteiger partial charge in [0.15, 0.2) is 12.4 Å². The lowest BCUT2D eigenvalue weighted by Gasteiger charge is -2.17. The van der Waals surface area contributed by atoms with Crippen LogP contribution in [0.3, 0.4) is 0 Å². The first-order chi connectivity index (χ1) is 9.67. The van der Waals surface area contributed by atoms with Crippen molar-refractivity contribution in [3.8, 4) is 5.75 Å². The van der Waals surface area contributed by atoms with E-state index in [1.54, 1.807) is 12.1 Å². The van der Waals surface area contributed by atoms with Crippen molar-refractivity contribution in [2.45, 2.75) is 37.8 Å². The minimum absolute atomic E-state index is 0.187. The Hall–Kier alpha value is -1.59. The van der Waals surface area contributed by atoms with Crippen LogP contribution in [0.2, 0.25) is 5.02 Å². The van der Waals surface area contributed by atoms with E-state index in [0.717, 1.165) is 25.7 Å². The molecule has 0 amide bonds. The molecule has 2 N–H and O–H groups in total. The van der Waals surface area contributed by atoms with Crippen molar-refractivity contribution in [3.05, 3.63) is 41.0 Å². The fraction of sp³-hybridized carbons (Fsp3) is 0.429. The molecule has 0 atom stereocenters. The summed E-state index contributed by atoms with van der Waals surface area (Å²) in [5.41, 5.74) is 5.84. The average molecular weight is 294 g/mol. The van der Waals surface area contributed by atoms with Gasteiger partial charge in [-0.1, -0.05) is 41.7 Å². The zero-order valence-electron chi connectivity index (χ0n) is 11.0. The van der Waals surface area contributed by atoms with Gasteiger partial charge in [-0.05, 0) is 25.0 Å². The number of nitrogens with two attached hydrogens (primary N) is 1. The third-order valence-electron chi connectivity index (χ3n) is 3.60. The number of para-hydroxylation sites is 1. The molecule has 6 heteroatoms. The molecule has 5 nitrogen and oxygen atoms in total. The summed E-state index contributed by atoms with van der Waals surface area (Å²) in [4.78, 5) is 4.34. The van der Waals surface area contributed by atoms with Gasteiger partial charge in [-0.3, -0.25) is 0 Å². The third-order valence-corrected chi connectivity index (χ3v) is 3.91. The summed E-state index contributed by atoms with van der Waals surface area (Å²) in [7, 11) is 0. The van der Waals surface area contributed by atoms with E-state index >= 15 is 0 Å². The van der Waals surface area contributed by atoms with Crippen molar-refractivity contribution in [3.63, 3.8) is 0 Å². The molecule has 1 saturated carbocycles. The summed E-state index contributed by atoms with van der Waals surface area (Å²) in [6, 6.07) is 7.26. The molecule has 106 valence electrons. The van der Waals surface area contributed by atoms with Crippen molar-refractivity contribution in [1.29, 1.82) is 0 Å². The Morgan fingerprint density at radius 2 is 2.05 bits per heavy atom. The summed E-state index contributed by atoms with van der Waals surface area (Å²) < 4.78 is 10.8. The first-order valence-electron chi connectivity index (χ1n) is 6.67. The standard InChI is InChI=1S/C14H16ClN3O2/c15-10-5-1-2-6-11(10)19-9-12-17-13(18-20-12)14(16)7-3-4-8-14/h1-2,5-6H,3-4,7-9,16H2. The first kappa shape index (κ1) is 13.4. The van der Waals surface area contributed by atoms with Gasteiger partial charge in [-0.2, -0.15) is 4.98 Å². The van der Waals surface area contributed by atoms with E-state index in [-0.39, 0.29) is 6.61 Å². The van der Waals surface area contributed by atoms with E-state index in [1.807, 2.05) is 12.1 Å². The molecule has 1 aliphatic carbocycles. The van der Waals surface area contributed by atoms with Gasteiger partial charge < -0.3 is 15.0 Å². The largest absolute Gasteiger partial charge is 0.482 e. The number of hydrogen-bond acceptors (Lipinski definition) is 5. The predicted molar refractivity (Wildman–Crippen MR) is 74.4 cm³/mol. The Morgan fingerprint density at radius 1 is 1.30 bits per heavy atom. The molecule has 0 radical (unpaired) electrons. The highest BCUT2D eigenvalue weighted by molar-refractivity contribution is 6.32. The minimum atomic E-state index is -0.438. The second-order valence-corrected chi connectivity index (χ2v) is 5.50. The molecular formula is C14H16ClN3O2. The van der Waals surface area contributed by atoms with Gasteiger partial charge in [0.25, 0.3) is 5.89 Å². The lowest BCUT2D eigenvalue weighted by molar-refractivity contribution is 0.241. The molecule has 1 fully saturated rings. The van der Waals surface area contributed by atoms with Crippen LogP contribution in [0.15, 0.2) is 28.8 Å². The molecule has 1 aromatic carbocycles. The summed E-state index contributed by atoms with van der Waals surface area (Å²) in [5, 5.41) is 4.53. The van der Waals surface area contributed by atoms with Gasteiger partial charge in [0.1, 0.15) is 5.75 Å². The zero-order chi connectivity index (χ0) is 14.0. The summed E-state index contributed by atoms with van der Waals surface area (Å²) in [6.45, 7) is 0.187. The molecule has 2 aromatic rings. The van der Waals surface area contributed by atoms with Gasteiger partial charge in [0.2, 0.25) is 0 Å². The van der Waals surface area contributed by atoms with Crippen LogP contribution in [0.5, 0.6) is 5.75 Å². The fourth-order valence-electron chi connectivity index (χ4n) is 2.45. The van der Waals surface area contributed by atoms with Crippen molar-refractivity contribution < 1.29 is 9.26 Å². The highest BCUT2D eigenvalue weighted by atomic mass is 35.5. The average Bonchev–Trinajstić information content (AvgIpc) is 3.08. The van der Waals surface area contributed by atoms with Crippen molar-refractivity contribution >= 4 is 11.6 Å². The molecule has 1 aliphatic rings. The first-order valence-corrected chi connectivity index (χ1v) is 7.04. The quantitative estimate of drug-likeness (QED) is 0.938. The van der Waals surface area contributed by atoms with E-state index in [9.17, 15) is 0 Å². The summed E-state index contributed by atoms with van der Waals surface area (Å²) >= 11 is 6.01. The number of rotatable bonds is 4. The minimum Gasteiger partial charge on any atom is -0.482 e. The number of aromatic nitrogens is 2. The summed E-state index contributed by atoms with van der Waals surface area (Å²) in [5.74, 6) is 1.58. The molecule has 0 spiro atoms. The van der Waals surface area contributed by atoms with Crippen LogP contribution in [0.4, 0.5) is 0 Å². The topological polar surface area (TPSA) is 74.2 Å². The van der Waals surface area contributed by atoms with E-state index in [0.29, 0.717) is 22.5 Å². The van der Waals surface area contributed by atoms with E-state index in [1.165, 1.54) is 0 Å². The molecule has 1 heterocycles. The third kappa shape index (κ3) is 2.64. The maximum atomic E-state index is 6.28. The van der Waals surface area contributed by atoms with E-state index in [4.69, 9.17) is 26.6 Å². The van der Waals surface area contributed by atoms with Crippen LogP contribution in [0.1, 0.15) is 37.4 Å². The van der Waals surface area contributed by atoms with Gasteiger partial charge in [0.05, 0.1) is 10.6 Å². The molecule has 0 saturated heterocycles. The van der Waals surface area contributed by atoms with Gasteiger partial charge in [-0.15, -0.1) is 0 Å². The van der Waals surface area contributed by atoms with Crippen molar-refractivity contribution in [2.24, 2.45) is 5.73 Å². The Balaban J connectivity index is 1.67. The monoisotopic (exact) mass is 293 g/mol. The number of halogens is 1. The normalized spacial score (nSPS) is 17.3.